The quantitative estimate of drug-likeness (QED) is 0.680. The van der Waals surface area contributed by atoms with Crippen LogP contribution in [0.2, 0.25) is 0 Å². The molecule has 112 valence electrons. The van der Waals surface area contributed by atoms with Gasteiger partial charge in [0.05, 0.1) is 11.3 Å². The van der Waals surface area contributed by atoms with Gasteiger partial charge in [-0.3, -0.25) is 4.79 Å². The Hall–Kier alpha value is -2.22. The summed E-state index contributed by atoms with van der Waals surface area (Å²) in [5.74, 6) is 1.95. The lowest BCUT2D eigenvalue weighted by molar-refractivity contribution is 0.641. The van der Waals surface area contributed by atoms with E-state index in [1.54, 1.807) is 12.1 Å². The first kappa shape index (κ1) is 13.4. The molecule has 1 aliphatic carbocycles. The second kappa shape index (κ2) is 5.20. The average Bonchev–Trinajstić information content (AvgIpc) is 3.31. The summed E-state index contributed by atoms with van der Waals surface area (Å²) in [7, 11) is 1.96. The predicted molar refractivity (Wildman–Crippen MR) is 82.6 cm³/mol. The van der Waals surface area contributed by atoms with Gasteiger partial charge in [-0.05, 0) is 25.0 Å². The Kier molecular flexibility index (Phi) is 3.18. The summed E-state index contributed by atoms with van der Waals surface area (Å²) in [5.41, 5.74) is 0.478. The van der Waals surface area contributed by atoms with E-state index in [9.17, 15) is 4.79 Å². The third kappa shape index (κ3) is 2.29. The molecule has 0 saturated heterocycles. The molecule has 1 aromatic carbocycles. The van der Waals surface area contributed by atoms with E-state index in [1.165, 1.54) is 29.3 Å². The molecule has 0 bridgehead atoms. The number of benzene rings is 1. The van der Waals surface area contributed by atoms with Crippen molar-refractivity contribution in [2.45, 2.75) is 29.8 Å². The fourth-order valence-electron chi connectivity index (χ4n) is 2.38. The summed E-state index contributed by atoms with van der Waals surface area (Å²) >= 11 is 1.44. The van der Waals surface area contributed by atoms with Crippen LogP contribution in [-0.4, -0.2) is 29.8 Å². The highest BCUT2D eigenvalue weighted by molar-refractivity contribution is 7.98. The van der Waals surface area contributed by atoms with Crippen molar-refractivity contribution in [1.29, 1.82) is 0 Å². The van der Waals surface area contributed by atoms with Crippen LogP contribution in [0.5, 0.6) is 0 Å². The van der Waals surface area contributed by atoms with Crippen molar-refractivity contribution in [2.75, 3.05) is 0 Å². The van der Waals surface area contributed by atoms with Crippen LogP contribution in [0.1, 0.15) is 24.6 Å². The summed E-state index contributed by atoms with van der Waals surface area (Å²) < 4.78 is 3.36. The number of hydrogen-bond acceptors (Lipinski definition) is 6. The van der Waals surface area contributed by atoms with Crippen LogP contribution in [-0.2, 0) is 12.9 Å². The molecule has 2 aromatic heterocycles. The Morgan fingerprint density at radius 2 is 2.05 bits per heavy atom. The third-order valence-electron chi connectivity index (χ3n) is 3.76. The number of rotatable bonds is 4. The van der Waals surface area contributed by atoms with Gasteiger partial charge in [0.1, 0.15) is 11.3 Å². The van der Waals surface area contributed by atoms with Gasteiger partial charge in [-0.15, -0.1) is 15.3 Å². The van der Waals surface area contributed by atoms with E-state index >= 15 is 0 Å². The van der Waals surface area contributed by atoms with Crippen LogP contribution in [0.3, 0.4) is 0 Å². The average molecular weight is 314 g/mol. The molecule has 0 amide bonds. The molecule has 2 heterocycles. The van der Waals surface area contributed by atoms with Gasteiger partial charge >= 0.3 is 0 Å². The lowest BCUT2D eigenvalue weighted by Crippen LogP contribution is -2.23. The maximum Gasteiger partial charge on any atom is 0.278 e. The molecule has 22 heavy (non-hydrogen) atoms. The second-order valence-corrected chi connectivity index (χ2v) is 6.27. The molecule has 1 fully saturated rings. The van der Waals surface area contributed by atoms with Crippen molar-refractivity contribution in [2.24, 2.45) is 7.05 Å². The minimum atomic E-state index is -0.136. The molecule has 3 aromatic rings. The van der Waals surface area contributed by atoms with Gasteiger partial charge in [0.25, 0.3) is 5.56 Å². The highest BCUT2D eigenvalue weighted by atomic mass is 32.2. The van der Waals surface area contributed by atoms with Gasteiger partial charge in [0.15, 0.2) is 5.16 Å². The van der Waals surface area contributed by atoms with Crippen molar-refractivity contribution < 1.29 is 0 Å². The van der Waals surface area contributed by atoms with E-state index in [-0.39, 0.29) is 5.56 Å². The Bertz CT molecular complexity index is 898. The topological polar surface area (TPSA) is 78.5 Å². The molecule has 4 rings (SSSR count). The molecule has 0 radical (unpaired) electrons. The van der Waals surface area contributed by atoms with Crippen LogP contribution in [0, 0.1) is 0 Å². The molecule has 1 saturated carbocycles. The largest absolute Gasteiger partial charge is 0.309 e. The maximum absolute atomic E-state index is 12.4. The fourth-order valence-corrected chi connectivity index (χ4v) is 3.17. The summed E-state index contributed by atoms with van der Waals surface area (Å²) in [6.45, 7) is 0. The maximum atomic E-state index is 12.4. The summed E-state index contributed by atoms with van der Waals surface area (Å²) in [6, 6.07) is 7.22. The first-order chi connectivity index (χ1) is 10.7. The summed E-state index contributed by atoms with van der Waals surface area (Å²) in [6.07, 6.45) is 2.37. The van der Waals surface area contributed by atoms with Crippen molar-refractivity contribution in [3.63, 3.8) is 0 Å². The molecular weight excluding hydrogens is 300 g/mol. The third-order valence-corrected chi connectivity index (χ3v) is 4.74. The van der Waals surface area contributed by atoms with Gasteiger partial charge in [-0.1, -0.05) is 29.1 Å². The van der Waals surface area contributed by atoms with Gasteiger partial charge in [0.2, 0.25) is 0 Å². The zero-order chi connectivity index (χ0) is 15.1. The molecule has 1 aliphatic rings. The van der Waals surface area contributed by atoms with Crippen LogP contribution >= 0.6 is 11.8 Å². The van der Waals surface area contributed by atoms with E-state index in [1.807, 2.05) is 23.7 Å². The number of fused-ring (bicyclic) bond motifs is 1. The molecule has 0 N–H and O–H groups in total. The Labute approximate surface area is 130 Å². The standard InChI is InChI=1S/C14H14N6OS/c1-19-12(9-6-7-9)16-17-14(19)22-8-20-13(21)10-4-2-3-5-11(10)15-18-20/h2-5,9H,6-8H2,1H3. The van der Waals surface area contributed by atoms with E-state index in [2.05, 4.69) is 20.5 Å². The number of nitrogens with zero attached hydrogens (tertiary/aromatic N) is 6. The predicted octanol–water partition coefficient (Wildman–Crippen LogP) is 1.55. The van der Waals surface area contributed by atoms with Crippen LogP contribution in [0.15, 0.2) is 34.2 Å². The van der Waals surface area contributed by atoms with Gasteiger partial charge in [-0.2, -0.15) is 4.68 Å². The minimum absolute atomic E-state index is 0.136. The van der Waals surface area contributed by atoms with Gasteiger partial charge in [0, 0.05) is 13.0 Å². The monoisotopic (exact) mass is 314 g/mol. The van der Waals surface area contributed by atoms with E-state index < -0.39 is 0 Å². The molecule has 8 heteroatoms. The van der Waals surface area contributed by atoms with Crippen LogP contribution < -0.4 is 5.56 Å². The van der Waals surface area contributed by atoms with Crippen molar-refractivity contribution in [3.8, 4) is 0 Å². The molecule has 7 nitrogen and oxygen atoms in total. The fraction of sp³-hybridized carbons (Fsp3) is 0.357. The number of aromatic nitrogens is 6. The first-order valence-electron chi connectivity index (χ1n) is 7.08. The van der Waals surface area contributed by atoms with Gasteiger partial charge in [-0.25, -0.2) is 0 Å². The van der Waals surface area contributed by atoms with Crippen molar-refractivity contribution in [3.05, 3.63) is 40.4 Å². The molecule has 0 spiro atoms. The highest BCUT2D eigenvalue weighted by Gasteiger charge is 2.29. The highest BCUT2D eigenvalue weighted by Crippen LogP contribution is 2.39. The molecular formula is C14H14N6OS. The zero-order valence-corrected chi connectivity index (χ0v) is 12.8. The second-order valence-electron chi connectivity index (χ2n) is 5.36. The lowest BCUT2D eigenvalue weighted by Gasteiger charge is -2.05. The smallest absolute Gasteiger partial charge is 0.278 e. The van der Waals surface area contributed by atoms with Gasteiger partial charge < -0.3 is 4.57 Å². The van der Waals surface area contributed by atoms with E-state index in [0.717, 1.165) is 11.0 Å². The molecule has 0 aliphatic heterocycles. The normalized spacial score (nSPS) is 14.6. The number of thioether (sulfide) groups is 1. The van der Waals surface area contributed by atoms with Crippen molar-refractivity contribution in [1.82, 2.24) is 29.8 Å². The van der Waals surface area contributed by atoms with E-state index in [0.29, 0.717) is 22.7 Å². The summed E-state index contributed by atoms with van der Waals surface area (Å²) in [5, 5.41) is 17.9. The van der Waals surface area contributed by atoms with Crippen LogP contribution in [0.4, 0.5) is 0 Å². The molecule has 0 atom stereocenters. The SMILES string of the molecule is Cn1c(SCn2nnc3ccccc3c2=O)nnc1C1CC1. The minimum Gasteiger partial charge on any atom is -0.309 e. The zero-order valence-electron chi connectivity index (χ0n) is 12.0. The lowest BCUT2D eigenvalue weighted by atomic mass is 10.2. The Morgan fingerprint density at radius 3 is 2.86 bits per heavy atom. The Morgan fingerprint density at radius 1 is 1.23 bits per heavy atom. The van der Waals surface area contributed by atoms with E-state index in [4.69, 9.17) is 0 Å². The first-order valence-corrected chi connectivity index (χ1v) is 8.07. The number of hydrogen-bond donors (Lipinski definition) is 0. The Balaban J connectivity index is 1.59. The van der Waals surface area contributed by atoms with Crippen LogP contribution in [0.25, 0.3) is 10.9 Å². The summed E-state index contributed by atoms with van der Waals surface area (Å²) in [4.78, 5) is 12.4. The van der Waals surface area contributed by atoms with Crippen molar-refractivity contribution >= 4 is 22.7 Å². The molecule has 0 unspecified atom stereocenters.